The summed E-state index contributed by atoms with van der Waals surface area (Å²) in [5, 5.41) is 0. The van der Waals surface area contributed by atoms with Crippen molar-refractivity contribution in [3.05, 3.63) is 35.4 Å². The number of rotatable bonds is 5. The fourth-order valence-corrected chi connectivity index (χ4v) is 2.64. The summed E-state index contributed by atoms with van der Waals surface area (Å²) in [4.78, 5) is 2.07. The van der Waals surface area contributed by atoms with Crippen LogP contribution < -0.4 is 5.73 Å². The predicted octanol–water partition coefficient (Wildman–Crippen LogP) is 3.29. The summed E-state index contributed by atoms with van der Waals surface area (Å²) in [5.74, 6) is 1.37. The van der Waals surface area contributed by atoms with Gasteiger partial charge in [0.1, 0.15) is 0 Å². The van der Waals surface area contributed by atoms with Crippen molar-refractivity contribution in [1.29, 1.82) is 0 Å². The smallest absolute Gasteiger partial charge is 0.329 e. The second-order valence-electron chi connectivity index (χ2n) is 5.79. The Hall–Kier alpha value is -1.07. The second-order valence-corrected chi connectivity index (χ2v) is 5.79. The van der Waals surface area contributed by atoms with Gasteiger partial charge in [0.2, 0.25) is 0 Å². The van der Waals surface area contributed by atoms with Gasteiger partial charge >= 0.3 is 6.18 Å². The van der Waals surface area contributed by atoms with Crippen LogP contribution in [0.5, 0.6) is 0 Å². The van der Waals surface area contributed by atoms with Crippen molar-refractivity contribution >= 4 is 0 Å². The highest BCUT2D eigenvalue weighted by atomic mass is 19.4. The standard InChI is InChI=1S/C15H21F3N2/c1-10-6-12(10)9-20(2)14(8-19)11-4-3-5-13(7-11)15(16,17)18/h3-5,7,10,12,14H,6,8-9,19H2,1-2H3. The van der Waals surface area contributed by atoms with Gasteiger partial charge in [0.25, 0.3) is 0 Å². The Morgan fingerprint density at radius 1 is 1.40 bits per heavy atom. The Balaban J connectivity index is 2.14. The summed E-state index contributed by atoms with van der Waals surface area (Å²) in [6, 6.07) is 5.32. The minimum atomic E-state index is -4.31. The summed E-state index contributed by atoms with van der Waals surface area (Å²) in [7, 11) is 1.93. The number of benzene rings is 1. The van der Waals surface area contributed by atoms with Crippen LogP contribution >= 0.6 is 0 Å². The van der Waals surface area contributed by atoms with Crippen LogP contribution in [0.4, 0.5) is 13.2 Å². The maximum atomic E-state index is 12.8. The first-order chi connectivity index (χ1) is 9.32. The van der Waals surface area contributed by atoms with Crippen LogP contribution in [-0.4, -0.2) is 25.0 Å². The number of nitrogens with two attached hydrogens (primary N) is 1. The van der Waals surface area contributed by atoms with E-state index < -0.39 is 11.7 Å². The number of hydrogen-bond donors (Lipinski definition) is 1. The average Bonchev–Trinajstić information content (AvgIpc) is 3.05. The summed E-state index contributed by atoms with van der Waals surface area (Å²) in [5.41, 5.74) is 5.80. The Labute approximate surface area is 117 Å². The van der Waals surface area contributed by atoms with Crippen LogP contribution in [0.25, 0.3) is 0 Å². The molecule has 1 fully saturated rings. The first-order valence-electron chi connectivity index (χ1n) is 6.90. The number of hydrogen-bond acceptors (Lipinski definition) is 2. The third-order valence-electron chi connectivity index (χ3n) is 4.15. The molecular weight excluding hydrogens is 265 g/mol. The van der Waals surface area contributed by atoms with Crippen molar-refractivity contribution in [1.82, 2.24) is 4.90 Å². The average molecular weight is 286 g/mol. The van der Waals surface area contributed by atoms with Crippen molar-refractivity contribution in [2.45, 2.75) is 25.6 Å². The largest absolute Gasteiger partial charge is 0.416 e. The second kappa shape index (κ2) is 5.74. The maximum absolute atomic E-state index is 12.8. The van der Waals surface area contributed by atoms with E-state index in [9.17, 15) is 13.2 Å². The normalized spacial score (nSPS) is 23.9. The molecule has 1 saturated carbocycles. The van der Waals surface area contributed by atoms with E-state index in [0.29, 0.717) is 18.0 Å². The van der Waals surface area contributed by atoms with E-state index in [2.05, 4.69) is 11.8 Å². The Kier molecular flexibility index (Phi) is 4.39. The van der Waals surface area contributed by atoms with Crippen molar-refractivity contribution in [2.24, 2.45) is 17.6 Å². The van der Waals surface area contributed by atoms with Crippen LogP contribution in [0.2, 0.25) is 0 Å². The van der Waals surface area contributed by atoms with Crippen molar-refractivity contribution in [3.8, 4) is 0 Å². The zero-order valence-corrected chi connectivity index (χ0v) is 11.8. The van der Waals surface area contributed by atoms with E-state index in [0.717, 1.165) is 18.5 Å². The van der Waals surface area contributed by atoms with Crippen LogP contribution in [0.3, 0.4) is 0 Å². The molecule has 1 aliphatic rings. The SMILES string of the molecule is CC1CC1CN(C)C(CN)c1cccc(C(F)(F)F)c1. The Morgan fingerprint density at radius 3 is 2.55 bits per heavy atom. The van der Waals surface area contributed by atoms with Gasteiger partial charge in [0.15, 0.2) is 0 Å². The molecule has 3 atom stereocenters. The molecule has 112 valence electrons. The lowest BCUT2D eigenvalue weighted by Gasteiger charge is -2.28. The Morgan fingerprint density at radius 2 is 2.05 bits per heavy atom. The lowest BCUT2D eigenvalue weighted by atomic mass is 10.0. The highest BCUT2D eigenvalue weighted by Gasteiger charge is 2.35. The molecule has 2 nitrogen and oxygen atoms in total. The van der Waals surface area contributed by atoms with Gasteiger partial charge in [-0.05, 0) is 43.0 Å². The molecule has 0 amide bonds. The molecule has 0 radical (unpaired) electrons. The van der Waals surface area contributed by atoms with Gasteiger partial charge in [-0.3, -0.25) is 4.90 Å². The molecule has 2 rings (SSSR count). The monoisotopic (exact) mass is 286 g/mol. The van der Waals surface area contributed by atoms with Crippen LogP contribution in [-0.2, 0) is 6.18 Å². The molecule has 2 N–H and O–H groups in total. The van der Waals surface area contributed by atoms with Gasteiger partial charge in [-0.1, -0.05) is 19.1 Å². The van der Waals surface area contributed by atoms with E-state index in [1.54, 1.807) is 6.07 Å². The van der Waals surface area contributed by atoms with E-state index >= 15 is 0 Å². The molecular formula is C15H21F3N2. The molecule has 1 aromatic carbocycles. The minimum Gasteiger partial charge on any atom is -0.329 e. The maximum Gasteiger partial charge on any atom is 0.416 e. The van der Waals surface area contributed by atoms with Crippen LogP contribution in [0.15, 0.2) is 24.3 Å². The van der Waals surface area contributed by atoms with Gasteiger partial charge in [0, 0.05) is 19.1 Å². The molecule has 1 aromatic rings. The fraction of sp³-hybridized carbons (Fsp3) is 0.600. The highest BCUT2D eigenvalue weighted by Crippen LogP contribution is 2.39. The van der Waals surface area contributed by atoms with Crippen molar-refractivity contribution < 1.29 is 13.2 Å². The van der Waals surface area contributed by atoms with Crippen molar-refractivity contribution in [3.63, 3.8) is 0 Å². The highest BCUT2D eigenvalue weighted by molar-refractivity contribution is 5.28. The van der Waals surface area contributed by atoms with Gasteiger partial charge in [0.05, 0.1) is 5.56 Å². The number of alkyl halides is 3. The number of likely N-dealkylation sites (N-methyl/N-ethyl adjacent to an activating group) is 1. The summed E-state index contributed by atoms with van der Waals surface area (Å²) < 4.78 is 38.3. The van der Waals surface area contributed by atoms with Crippen molar-refractivity contribution in [2.75, 3.05) is 20.1 Å². The molecule has 1 aliphatic carbocycles. The van der Waals surface area contributed by atoms with Gasteiger partial charge in [-0.2, -0.15) is 13.2 Å². The molecule has 0 bridgehead atoms. The van der Waals surface area contributed by atoms with Gasteiger partial charge < -0.3 is 5.73 Å². The lowest BCUT2D eigenvalue weighted by Crippen LogP contribution is -2.32. The van der Waals surface area contributed by atoms with Gasteiger partial charge in [-0.15, -0.1) is 0 Å². The molecule has 0 aromatic heterocycles. The molecule has 0 spiro atoms. The quantitative estimate of drug-likeness (QED) is 0.900. The van der Waals surface area contributed by atoms with E-state index in [-0.39, 0.29) is 6.04 Å². The minimum absolute atomic E-state index is 0.162. The van der Waals surface area contributed by atoms with Crippen LogP contribution in [0, 0.1) is 11.8 Å². The van der Waals surface area contributed by atoms with E-state index in [4.69, 9.17) is 5.73 Å². The molecule has 0 saturated heterocycles. The fourth-order valence-electron chi connectivity index (χ4n) is 2.64. The predicted molar refractivity (Wildman–Crippen MR) is 73.1 cm³/mol. The molecule has 5 heteroatoms. The first kappa shape index (κ1) is 15.3. The third kappa shape index (κ3) is 3.52. The topological polar surface area (TPSA) is 29.3 Å². The molecule has 3 unspecified atom stereocenters. The zero-order valence-electron chi connectivity index (χ0n) is 11.8. The first-order valence-corrected chi connectivity index (χ1v) is 6.90. The zero-order chi connectivity index (χ0) is 14.9. The number of halogens is 3. The molecule has 0 aliphatic heterocycles. The third-order valence-corrected chi connectivity index (χ3v) is 4.15. The molecule has 0 heterocycles. The summed E-state index contributed by atoms with van der Waals surface area (Å²) in [6.45, 7) is 3.40. The number of nitrogens with zero attached hydrogens (tertiary/aromatic N) is 1. The molecule has 20 heavy (non-hydrogen) atoms. The van der Waals surface area contributed by atoms with E-state index in [1.165, 1.54) is 18.6 Å². The summed E-state index contributed by atoms with van der Waals surface area (Å²) in [6.07, 6.45) is -3.11. The van der Waals surface area contributed by atoms with Gasteiger partial charge in [-0.25, -0.2) is 0 Å². The van der Waals surface area contributed by atoms with E-state index in [1.807, 2.05) is 7.05 Å². The Bertz CT molecular complexity index is 459. The lowest BCUT2D eigenvalue weighted by molar-refractivity contribution is -0.137. The van der Waals surface area contributed by atoms with Crippen LogP contribution in [0.1, 0.15) is 30.5 Å². The summed E-state index contributed by atoms with van der Waals surface area (Å²) >= 11 is 0.